The maximum Gasteiger partial charge on any atom is 0.227 e. The normalized spacial score (nSPS) is 10.8. The van der Waals surface area contributed by atoms with E-state index in [0.717, 1.165) is 20.8 Å². The van der Waals surface area contributed by atoms with Crippen molar-refractivity contribution in [1.82, 2.24) is 9.88 Å². The first-order chi connectivity index (χ1) is 10.6. The number of halogens is 1. The topological polar surface area (TPSA) is 33.2 Å². The van der Waals surface area contributed by atoms with Crippen LogP contribution in [0, 0.1) is 0 Å². The molecule has 0 N–H and O–H groups in total. The monoisotopic (exact) mass is 330 g/mol. The number of fused-ring (bicyclic) bond motifs is 1. The smallest absolute Gasteiger partial charge is 0.227 e. The Morgan fingerprint density at radius 3 is 2.68 bits per heavy atom. The molecule has 0 radical (unpaired) electrons. The minimum absolute atomic E-state index is 0.0346. The molecule has 1 amide bonds. The Labute approximate surface area is 138 Å². The fourth-order valence-corrected chi connectivity index (χ4v) is 3.44. The van der Waals surface area contributed by atoms with E-state index in [-0.39, 0.29) is 5.91 Å². The zero-order valence-electron chi connectivity index (χ0n) is 12.1. The fraction of sp³-hybridized carbons (Fsp3) is 0.176. The van der Waals surface area contributed by atoms with Crippen LogP contribution in [0.2, 0.25) is 5.02 Å². The summed E-state index contributed by atoms with van der Waals surface area (Å²) in [6.45, 7) is 0.517. The summed E-state index contributed by atoms with van der Waals surface area (Å²) in [4.78, 5) is 18.6. The van der Waals surface area contributed by atoms with Gasteiger partial charge < -0.3 is 4.90 Å². The van der Waals surface area contributed by atoms with Crippen molar-refractivity contribution < 1.29 is 4.79 Å². The van der Waals surface area contributed by atoms with Gasteiger partial charge in [-0.3, -0.25) is 4.79 Å². The Kier molecular flexibility index (Phi) is 4.41. The third kappa shape index (κ3) is 3.29. The van der Waals surface area contributed by atoms with Crippen molar-refractivity contribution >= 4 is 39.1 Å². The highest BCUT2D eigenvalue weighted by Gasteiger charge is 2.14. The minimum atomic E-state index is 0.0346. The van der Waals surface area contributed by atoms with Gasteiger partial charge in [0, 0.05) is 12.1 Å². The highest BCUT2D eigenvalue weighted by molar-refractivity contribution is 7.18. The lowest BCUT2D eigenvalue weighted by Crippen LogP contribution is -2.27. The van der Waals surface area contributed by atoms with Crippen molar-refractivity contribution in [2.24, 2.45) is 0 Å². The Hall–Kier alpha value is -1.91. The van der Waals surface area contributed by atoms with Gasteiger partial charge in [-0.1, -0.05) is 41.9 Å². The molecule has 112 valence electrons. The van der Waals surface area contributed by atoms with Gasteiger partial charge in [-0.25, -0.2) is 4.98 Å². The van der Waals surface area contributed by atoms with Crippen molar-refractivity contribution in [1.29, 1.82) is 0 Å². The van der Waals surface area contributed by atoms with Gasteiger partial charge in [-0.15, -0.1) is 11.3 Å². The van der Waals surface area contributed by atoms with Gasteiger partial charge in [0.2, 0.25) is 5.91 Å². The van der Waals surface area contributed by atoms with Gasteiger partial charge in [0.1, 0.15) is 5.01 Å². The Bertz CT molecular complexity index is 782. The number of hydrogen-bond donors (Lipinski definition) is 0. The standard InChI is InChI=1S/C17H15ClN2OS/c1-20(17(21)10-12-6-2-3-7-13(12)18)11-16-19-14-8-4-5-9-15(14)22-16/h2-9H,10-11H2,1H3. The van der Waals surface area contributed by atoms with Gasteiger partial charge in [-0.2, -0.15) is 0 Å². The summed E-state index contributed by atoms with van der Waals surface area (Å²) in [6, 6.07) is 15.4. The summed E-state index contributed by atoms with van der Waals surface area (Å²) >= 11 is 7.73. The molecule has 0 spiro atoms. The van der Waals surface area contributed by atoms with Crippen LogP contribution in [0.4, 0.5) is 0 Å². The first-order valence-electron chi connectivity index (χ1n) is 6.95. The molecule has 1 heterocycles. The summed E-state index contributed by atoms with van der Waals surface area (Å²) in [6.07, 6.45) is 0.307. The Balaban J connectivity index is 1.69. The molecule has 0 fully saturated rings. The molecule has 2 aromatic carbocycles. The molecule has 3 nitrogen and oxygen atoms in total. The van der Waals surface area contributed by atoms with E-state index < -0.39 is 0 Å². The zero-order chi connectivity index (χ0) is 15.5. The molecule has 3 aromatic rings. The van der Waals surface area contributed by atoms with E-state index in [2.05, 4.69) is 4.98 Å². The van der Waals surface area contributed by atoms with Gasteiger partial charge >= 0.3 is 0 Å². The Morgan fingerprint density at radius 2 is 1.91 bits per heavy atom. The molecule has 0 bridgehead atoms. The molecular formula is C17H15ClN2OS. The molecule has 22 heavy (non-hydrogen) atoms. The predicted octanol–water partition coefficient (Wildman–Crippen LogP) is 4.15. The number of nitrogens with zero attached hydrogens (tertiary/aromatic N) is 2. The SMILES string of the molecule is CN(Cc1nc2ccccc2s1)C(=O)Cc1ccccc1Cl. The molecule has 0 aliphatic rings. The number of para-hydroxylation sites is 1. The lowest BCUT2D eigenvalue weighted by molar-refractivity contribution is -0.129. The summed E-state index contributed by atoms with van der Waals surface area (Å²) in [5.41, 5.74) is 1.83. The van der Waals surface area contributed by atoms with E-state index >= 15 is 0 Å². The van der Waals surface area contributed by atoms with Crippen molar-refractivity contribution in [3.05, 3.63) is 64.1 Å². The summed E-state index contributed by atoms with van der Waals surface area (Å²) in [5, 5.41) is 1.57. The second-order valence-corrected chi connectivity index (χ2v) is 6.62. The molecule has 0 saturated carbocycles. The van der Waals surface area contributed by atoms with Crippen molar-refractivity contribution in [2.45, 2.75) is 13.0 Å². The highest BCUT2D eigenvalue weighted by Crippen LogP contribution is 2.23. The number of thiazole rings is 1. The van der Waals surface area contributed by atoms with Crippen LogP contribution in [0.5, 0.6) is 0 Å². The van der Waals surface area contributed by atoms with Crippen molar-refractivity contribution in [2.75, 3.05) is 7.05 Å². The second kappa shape index (κ2) is 6.46. The number of carbonyl (C=O) groups excluding carboxylic acids is 1. The van der Waals surface area contributed by atoms with Crippen LogP contribution >= 0.6 is 22.9 Å². The second-order valence-electron chi connectivity index (χ2n) is 5.09. The lowest BCUT2D eigenvalue weighted by Gasteiger charge is -2.16. The first-order valence-corrected chi connectivity index (χ1v) is 8.15. The molecule has 0 saturated heterocycles. The van der Waals surface area contributed by atoms with Crippen LogP contribution in [0.3, 0.4) is 0 Å². The molecular weight excluding hydrogens is 316 g/mol. The minimum Gasteiger partial charge on any atom is -0.339 e. The molecule has 0 aliphatic carbocycles. The third-order valence-corrected chi connectivity index (χ3v) is 4.83. The summed E-state index contributed by atoms with van der Waals surface area (Å²) in [7, 11) is 1.80. The van der Waals surface area contributed by atoms with E-state index in [1.807, 2.05) is 42.5 Å². The van der Waals surface area contributed by atoms with E-state index in [1.54, 1.807) is 29.4 Å². The van der Waals surface area contributed by atoms with E-state index in [9.17, 15) is 4.79 Å². The molecule has 5 heteroatoms. The number of aromatic nitrogens is 1. The zero-order valence-corrected chi connectivity index (χ0v) is 13.7. The lowest BCUT2D eigenvalue weighted by atomic mass is 10.1. The number of hydrogen-bond acceptors (Lipinski definition) is 3. The van der Waals surface area contributed by atoms with Crippen LogP contribution in [0.25, 0.3) is 10.2 Å². The maximum atomic E-state index is 12.3. The van der Waals surface area contributed by atoms with E-state index in [4.69, 9.17) is 11.6 Å². The molecule has 0 unspecified atom stereocenters. The average Bonchev–Trinajstić information content (AvgIpc) is 2.91. The number of benzene rings is 2. The number of rotatable bonds is 4. The van der Waals surface area contributed by atoms with Gasteiger partial charge in [-0.05, 0) is 23.8 Å². The number of likely N-dealkylation sites (N-methyl/N-ethyl adjacent to an activating group) is 1. The number of carbonyl (C=O) groups is 1. The fourth-order valence-electron chi connectivity index (χ4n) is 2.22. The number of amides is 1. The predicted molar refractivity (Wildman–Crippen MR) is 91.3 cm³/mol. The molecule has 0 atom stereocenters. The highest BCUT2D eigenvalue weighted by atomic mass is 35.5. The van der Waals surface area contributed by atoms with Crippen LogP contribution in [0.1, 0.15) is 10.6 Å². The van der Waals surface area contributed by atoms with Gasteiger partial charge in [0.25, 0.3) is 0 Å². The van der Waals surface area contributed by atoms with Gasteiger partial charge in [0.05, 0.1) is 23.2 Å². The quantitative estimate of drug-likeness (QED) is 0.720. The Morgan fingerprint density at radius 1 is 1.18 bits per heavy atom. The first kappa shape index (κ1) is 15.0. The summed E-state index contributed by atoms with van der Waals surface area (Å²) < 4.78 is 1.14. The molecule has 1 aromatic heterocycles. The van der Waals surface area contributed by atoms with Crippen LogP contribution in [-0.2, 0) is 17.8 Å². The molecule has 0 aliphatic heterocycles. The average molecular weight is 331 g/mol. The molecule has 3 rings (SSSR count). The van der Waals surface area contributed by atoms with Crippen molar-refractivity contribution in [3.8, 4) is 0 Å². The van der Waals surface area contributed by atoms with Gasteiger partial charge in [0.15, 0.2) is 0 Å². The summed E-state index contributed by atoms with van der Waals surface area (Å²) in [5.74, 6) is 0.0346. The van der Waals surface area contributed by atoms with E-state index in [1.165, 1.54) is 0 Å². The van der Waals surface area contributed by atoms with Crippen LogP contribution in [0.15, 0.2) is 48.5 Å². The van der Waals surface area contributed by atoms with Crippen molar-refractivity contribution in [3.63, 3.8) is 0 Å². The van der Waals surface area contributed by atoms with E-state index in [0.29, 0.717) is 18.0 Å². The van der Waals surface area contributed by atoms with Crippen LogP contribution < -0.4 is 0 Å². The largest absolute Gasteiger partial charge is 0.339 e. The van der Waals surface area contributed by atoms with Crippen LogP contribution in [-0.4, -0.2) is 22.8 Å². The third-order valence-electron chi connectivity index (χ3n) is 3.44. The maximum absolute atomic E-state index is 12.3.